The molecule has 1 aromatic carbocycles. The minimum Gasteiger partial charge on any atom is -0.376 e. The molecule has 0 spiro atoms. The van der Waals surface area contributed by atoms with E-state index in [-0.39, 0.29) is 29.7 Å². The molecule has 0 radical (unpaired) electrons. The van der Waals surface area contributed by atoms with Crippen molar-refractivity contribution < 1.29 is 19.1 Å². The van der Waals surface area contributed by atoms with Crippen LogP contribution >= 0.6 is 0 Å². The van der Waals surface area contributed by atoms with Gasteiger partial charge >= 0.3 is 0 Å². The Balaban J connectivity index is 1.74. The average Bonchev–Trinajstić information content (AvgIpc) is 3.10. The van der Waals surface area contributed by atoms with E-state index in [2.05, 4.69) is 5.32 Å². The molecule has 6 nitrogen and oxygen atoms in total. The molecule has 1 aromatic rings. The molecule has 3 rings (SSSR count). The van der Waals surface area contributed by atoms with Gasteiger partial charge < -0.3 is 10.1 Å². The van der Waals surface area contributed by atoms with E-state index in [0.717, 1.165) is 12.8 Å². The Morgan fingerprint density at radius 1 is 1.29 bits per heavy atom. The minimum absolute atomic E-state index is 0.0718. The molecule has 0 bridgehead atoms. The van der Waals surface area contributed by atoms with Crippen molar-refractivity contribution in [1.82, 2.24) is 4.90 Å². The number of fused-ring (bicyclic) bond motifs is 1. The number of anilines is 1. The molecule has 2 heterocycles. The first-order valence-corrected chi connectivity index (χ1v) is 8.37. The lowest BCUT2D eigenvalue weighted by atomic mass is 10.1. The summed E-state index contributed by atoms with van der Waals surface area (Å²) in [4.78, 5) is 38.1. The van der Waals surface area contributed by atoms with E-state index in [1.54, 1.807) is 18.2 Å². The molecule has 128 valence electrons. The van der Waals surface area contributed by atoms with Gasteiger partial charge in [-0.05, 0) is 37.0 Å². The first-order valence-electron chi connectivity index (χ1n) is 8.37. The maximum Gasteiger partial charge on any atom is 0.261 e. The van der Waals surface area contributed by atoms with Crippen LogP contribution in [-0.4, -0.2) is 41.9 Å². The number of nitrogens with one attached hydrogen (secondary N) is 1. The van der Waals surface area contributed by atoms with Crippen molar-refractivity contribution in [2.24, 2.45) is 5.92 Å². The number of ether oxygens (including phenoxy) is 1. The Bertz CT molecular complexity index is 678. The van der Waals surface area contributed by atoms with Gasteiger partial charge in [0.05, 0.1) is 23.8 Å². The molecule has 2 aliphatic rings. The van der Waals surface area contributed by atoms with Crippen LogP contribution in [0.15, 0.2) is 18.2 Å². The molecule has 0 aromatic heterocycles. The maximum absolute atomic E-state index is 12.5. The summed E-state index contributed by atoms with van der Waals surface area (Å²) in [5.74, 6) is -0.446. The molecule has 1 saturated heterocycles. The van der Waals surface area contributed by atoms with Crippen molar-refractivity contribution in [2.75, 3.05) is 18.5 Å². The molecule has 1 N–H and O–H groups in total. The van der Waals surface area contributed by atoms with Crippen LogP contribution < -0.4 is 5.32 Å². The van der Waals surface area contributed by atoms with Crippen molar-refractivity contribution in [2.45, 2.75) is 39.2 Å². The monoisotopic (exact) mass is 330 g/mol. The van der Waals surface area contributed by atoms with Gasteiger partial charge in [-0.3, -0.25) is 19.3 Å². The number of benzene rings is 1. The Morgan fingerprint density at radius 2 is 2.04 bits per heavy atom. The molecule has 6 heteroatoms. The third-order valence-corrected chi connectivity index (χ3v) is 4.26. The molecule has 24 heavy (non-hydrogen) atoms. The number of rotatable bonds is 5. The van der Waals surface area contributed by atoms with E-state index >= 15 is 0 Å². The molecule has 0 saturated carbocycles. The van der Waals surface area contributed by atoms with Crippen LogP contribution in [0.3, 0.4) is 0 Å². The predicted octanol–water partition coefficient (Wildman–Crippen LogP) is 2.45. The Kier molecular flexibility index (Phi) is 4.66. The Hall–Kier alpha value is -2.21. The summed E-state index contributed by atoms with van der Waals surface area (Å²) in [6.45, 7) is 4.90. The third kappa shape index (κ3) is 3.33. The van der Waals surface area contributed by atoms with E-state index in [1.165, 1.54) is 4.90 Å². The summed E-state index contributed by atoms with van der Waals surface area (Å²) >= 11 is 0. The normalized spacial score (nSPS) is 20.0. The van der Waals surface area contributed by atoms with Crippen LogP contribution in [0, 0.1) is 5.92 Å². The van der Waals surface area contributed by atoms with Gasteiger partial charge in [-0.1, -0.05) is 13.8 Å². The fourth-order valence-electron chi connectivity index (χ4n) is 3.11. The number of nitrogens with zero attached hydrogens (tertiary/aromatic N) is 1. The van der Waals surface area contributed by atoms with Crippen molar-refractivity contribution >= 4 is 23.4 Å². The molecular weight excluding hydrogens is 308 g/mol. The van der Waals surface area contributed by atoms with E-state index in [9.17, 15) is 14.4 Å². The van der Waals surface area contributed by atoms with Gasteiger partial charge in [0.25, 0.3) is 11.8 Å². The van der Waals surface area contributed by atoms with Crippen molar-refractivity contribution in [3.05, 3.63) is 29.3 Å². The second kappa shape index (κ2) is 6.73. The zero-order valence-electron chi connectivity index (χ0n) is 14.0. The standard InChI is InChI=1S/C18H22N2O4/c1-11(2)8-16(21)19-12-5-6-14-15(9-12)18(23)20(17(14)22)10-13-4-3-7-24-13/h5-6,9,11,13H,3-4,7-8,10H2,1-2H3,(H,19,21). The quantitative estimate of drug-likeness (QED) is 0.842. The van der Waals surface area contributed by atoms with Crippen molar-refractivity contribution in [3.8, 4) is 0 Å². The summed E-state index contributed by atoms with van der Waals surface area (Å²) in [6.07, 6.45) is 2.16. The van der Waals surface area contributed by atoms with E-state index in [1.807, 2.05) is 13.8 Å². The number of hydrogen-bond donors (Lipinski definition) is 1. The van der Waals surface area contributed by atoms with Crippen LogP contribution in [0.2, 0.25) is 0 Å². The van der Waals surface area contributed by atoms with Gasteiger partial charge in [0.2, 0.25) is 5.91 Å². The number of amides is 3. The largest absolute Gasteiger partial charge is 0.376 e. The van der Waals surface area contributed by atoms with Crippen LogP contribution in [0.5, 0.6) is 0 Å². The highest BCUT2D eigenvalue weighted by Gasteiger charge is 2.37. The first kappa shape index (κ1) is 16.6. The topological polar surface area (TPSA) is 75.7 Å². The SMILES string of the molecule is CC(C)CC(=O)Nc1ccc2c(c1)C(=O)N(CC1CCCO1)C2=O. The fourth-order valence-corrected chi connectivity index (χ4v) is 3.11. The molecule has 1 fully saturated rings. The zero-order chi connectivity index (χ0) is 17.3. The molecule has 1 unspecified atom stereocenters. The molecule has 1 atom stereocenters. The zero-order valence-corrected chi connectivity index (χ0v) is 14.0. The number of imide groups is 1. The van der Waals surface area contributed by atoms with Gasteiger partial charge in [-0.15, -0.1) is 0 Å². The molecule has 3 amide bonds. The van der Waals surface area contributed by atoms with E-state index in [4.69, 9.17) is 4.74 Å². The van der Waals surface area contributed by atoms with Gasteiger partial charge in [0.1, 0.15) is 0 Å². The molecule has 0 aliphatic carbocycles. The van der Waals surface area contributed by atoms with Crippen LogP contribution in [-0.2, 0) is 9.53 Å². The summed E-state index contributed by atoms with van der Waals surface area (Å²) in [6, 6.07) is 4.86. The van der Waals surface area contributed by atoms with E-state index in [0.29, 0.717) is 36.4 Å². The lowest BCUT2D eigenvalue weighted by Crippen LogP contribution is -2.36. The predicted molar refractivity (Wildman–Crippen MR) is 88.9 cm³/mol. The van der Waals surface area contributed by atoms with Gasteiger partial charge in [-0.2, -0.15) is 0 Å². The van der Waals surface area contributed by atoms with E-state index < -0.39 is 0 Å². The van der Waals surface area contributed by atoms with Gasteiger partial charge in [0.15, 0.2) is 0 Å². The first-order chi connectivity index (χ1) is 11.5. The highest BCUT2D eigenvalue weighted by atomic mass is 16.5. The Labute approximate surface area is 141 Å². The highest BCUT2D eigenvalue weighted by Crippen LogP contribution is 2.27. The average molecular weight is 330 g/mol. The lowest BCUT2D eigenvalue weighted by Gasteiger charge is -2.17. The summed E-state index contributed by atoms with van der Waals surface area (Å²) in [7, 11) is 0. The van der Waals surface area contributed by atoms with Crippen LogP contribution in [0.4, 0.5) is 5.69 Å². The summed E-state index contributed by atoms with van der Waals surface area (Å²) in [5, 5.41) is 2.78. The van der Waals surface area contributed by atoms with Crippen molar-refractivity contribution in [1.29, 1.82) is 0 Å². The fraction of sp³-hybridized carbons (Fsp3) is 0.500. The highest BCUT2D eigenvalue weighted by molar-refractivity contribution is 6.21. The van der Waals surface area contributed by atoms with Crippen molar-refractivity contribution in [3.63, 3.8) is 0 Å². The number of hydrogen-bond acceptors (Lipinski definition) is 4. The number of carbonyl (C=O) groups excluding carboxylic acids is 3. The summed E-state index contributed by atoms with van der Waals surface area (Å²) in [5.41, 5.74) is 1.28. The maximum atomic E-state index is 12.5. The molecule has 2 aliphatic heterocycles. The van der Waals surface area contributed by atoms with Gasteiger partial charge in [-0.25, -0.2) is 0 Å². The Morgan fingerprint density at radius 3 is 2.71 bits per heavy atom. The number of carbonyl (C=O) groups is 3. The van der Waals surface area contributed by atoms with Gasteiger partial charge in [0, 0.05) is 18.7 Å². The second-order valence-electron chi connectivity index (χ2n) is 6.76. The van der Waals surface area contributed by atoms with Crippen LogP contribution in [0.1, 0.15) is 53.8 Å². The lowest BCUT2D eigenvalue weighted by molar-refractivity contribution is -0.116. The summed E-state index contributed by atoms with van der Waals surface area (Å²) < 4.78 is 5.52. The minimum atomic E-state index is -0.314. The third-order valence-electron chi connectivity index (χ3n) is 4.26. The smallest absolute Gasteiger partial charge is 0.261 e. The molecular formula is C18H22N2O4. The van der Waals surface area contributed by atoms with Crippen LogP contribution in [0.25, 0.3) is 0 Å². The second-order valence-corrected chi connectivity index (χ2v) is 6.76.